The van der Waals surface area contributed by atoms with E-state index < -0.39 is 7.12 Å². The molecule has 0 bridgehead atoms. The number of benzene rings is 14. The van der Waals surface area contributed by atoms with Crippen LogP contribution in [0.5, 0.6) is 0 Å². The maximum atomic E-state index is 8.94. The summed E-state index contributed by atoms with van der Waals surface area (Å²) in [6.45, 7) is 0. The number of aromatic nitrogens is 8. The predicted octanol–water partition coefficient (Wildman–Crippen LogP) is 20.6. The van der Waals surface area contributed by atoms with Crippen molar-refractivity contribution >= 4 is 176 Å². The van der Waals surface area contributed by atoms with E-state index in [0.717, 1.165) is 109 Å². The lowest BCUT2D eigenvalue weighted by Gasteiger charge is -2.13. The van der Waals surface area contributed by atoms with Crippen LogP contribution in [0.4, 0.5) is 0 Å². The van der Waals surface area contributed by atoms with Crippen LogP contribution in [0, 0.1) is 0 Å². The molecule has 0 saturated carbocycles. The molecule has 0 aliphatic carbocycles. The molecule has 0 fully saturated rings. The fourth-order valence-corrected chi connectivity index (χ4v) is 14.6. The van der Waals surface area contributed by atoms with E-state index in [0.29, 0.717) is 5.46 Å². The Morgan fingerprint density at radius 1 is 0.271 bits per heavy atom. The van der Waals surface area contributed by atoms with Gasteiger partial charge in [-0.1, -0.05) is 215 Å². The Labute approximate surface area is 567 Å². The molecule has 20 aromatic rings. The maximum Gasteiger partial charge on any atom is 0.488 e. The minimum Gasteiger partial charge on any atom is -0.423 e. The van der Waals surface area contributed by atoms with Gasteiger partial charge < -0.3 is 10.0 Å². The van der Waals surface area contributed by atoms with Gasteiger partial charge in [-0.25, -0.2) is 19.9 Å². The van der Waals surface area contributed by atoms with Gasteiger partial charge in [0.1, 0.15) is 11.3 Å². The average molecular weight is 1370 g/mol. The molecule has 0 atom stereocenters. The van der Waals surface area contributed by atoms with E-state index in [4.69, 9.17) is 30.0 Å². The number of rotatable bonds is 5. The number of hydrogen-bond donors (Lipinski definition) is 2. The Morgan fingerprint density at radius 3 is 1.04 bits per heavy atom. The van der Waals surface area contributed by atoms with Crippen molar-refractivity contribution in [3.05, 3.63) is 306 Å². The summed E-state index contributed by atoms with van der Waals surface area (Å²) in [5.74, 6) is 1.65. The van der Waals surface area contributed by atoms with Crippen molar-refractivity contribution in [2.75, 3.05) is 0 Å². The summed E-state index contributed by atoms with van der Waals surface area (Å²) < 4.78 is 11.1. The molecule has 0 aliphatic heterocycles. The Morgan fingerprint density at radius 2 is 0.604 bits per heavy atom. The summed E-state index contributed by atoms with van der Waals surface area (Å²) in [4.78, 5) is 20.7. The molecule has 2 N–H and O–H groups in total. The van der Waals surface area contributed by atoms with E-state index in [9.17, 15) is 0 Å². The van der Waals surface area contributed by atoms with E-state index in [-0.39, 0.29) is 7.43 Å². The highest BCUT2D eigenvalue weighted by molar-refractivity contribution is 9.10. The number of hydrogen-bond acceptors (Lipinski definition) is 6. The van der Waals surface area contributed by atoms with Crippen molar-refractivity contribution in [1.29, 1.82) is 0 Å². The molecule has 0 spiro atoms. The number of fused-ring (bicyclic) bond motifs is 19. The second kappa shape index (κ2) is 23.6. The fourth-order valence-electron chi connectivity index (χ4n) is 13.8. The lowest BCUT2D eigenvalue weighted by Crippen LogP contribution is -2.29. The summed E-state index contributed by atoms with van der Waals surface area (Å²) in [5, 5.41) is 31.7. The molecule has 0 radical (unpaired) electrons. The number of para-hydroxylation sites is 6. The average Bonchev–Trinajstić information content (AvgIpc) is 1.54. The van der Waals surface area contributed by atoms with Gasteiger partial charge in [0.25, 0.3) is 0 Å². The van der Waals surface area contributed by atoms with Crippen LogP contribution in [0.2, 0.25) is 0 Å². The van der Waals surface area contributed by atoms with E-state index in [1.165, 1.54) is 65.3 Å². The third-order valence-electron chi connectivity index (χ3n) is 18.3. The first kappa shape index (κ1) is 58.5. The molecular formula is C83H55BBr2N8O2. The van der Waals surface area contributed by atoms with Crippen molar-refractivity contribution in [3.63, 3.8) is 0 Å². The van der Waals surface area contributed by atoms with Gasteiger partial charge in [-0.3, -0.25) is 17.9 Å². The molecular weight excluding hydrogens is 1310 g/mol. The van der Waals surface area contributed by atoms with Crippen molar-refractivity contribution in [2.45, 2.75) is 7.43 Å². The Kier molecular flexibility index (Phi) is 14.4. The fraction of sp³-hybridized carbons (Fsp3) is 0.0120. The molecule has 14 aromatic carbocycles. The molecule has 6 heterocycles. The first-order valence-electron chi connectivity index (χ1n) is 31.4. The Balaban J connectivity index is 0.000000129. The van der Waals surface area contributed by atoms with Gasteiger partial charge in [-0.05, 0) is 181 Å². The SMILES string of the molecule is Brc1ccc2c(c1)c1cc(Br)ccc1n2-c1nc2ccccc2c2nc3ccccc3n12.C.OB(O)c1ccc2ccccc2c1.c1ccc2cc(-c3ccc4c(c3)c3cc(-c5ccc6ccccc6c5)ccc3n4-c3nc4ccccc4c4nc5ccccc5n34)ccc2c1. The first-order chi connectivity index (χ1) is 46.7. The predicted molar refractivity (Wildman–Crippen MR) is 406 cm³/mol. The first-order valence-corrected chi connectivity index (χ1v) is 32.9. The topological polar surface area (TPSA) is 111 Å². The van der Waals surface area contributed by atoms with Crippen LogP contribution in [0.25, 0.3) is 165 Å². The summed E-state index contributed by atoms with van der Waals surface area (Å²) >= 11 is 7.30. The van der Waals surface area contributed by atoms with Gasteiger partial charge in [-0.2, -0.15) is 0 Å². The molecule has 10 nitrogen and oxygen atoms in total. The zero-order valence-electron chi connectivity index (χ0n) is 50.6. The van der Waals surface area contributed by atoms with Crippen molar-refractivity contribution in [3.8, 4) is 34.2 Å². The van der Waals surface area contributed by atoms with Gasteiger partial charge in [-0.15, -0.1) is 0 Å². The largest absolute Gasteiger partial charge is 0.488 e. The lowest BCUT2D eigenvalue weighted by molar-refractivity contribution is 0.426. The highest BCUT2D eigenvalue weighted by Gasteiger charge is 2.23. The van der Waals surface area contributed by atoms with Crippen LogP contribution >= 0.6 is 31.9 Å². The molecule has 20 rings (SSSR count). The summed E-state index contributed by atoms with van der Waals surface area (Å²) in [7, 11) is -1.38. The molecule has 0 amide bonds. The van der Waals surface area contributed by atoms with E-state index in [1.54, 1.807) is 12.1 Å². The van der Waals surface area contributed by atoms with E-state index in [1.807, 2.05) is 54.6 Å². The summed E-state index contributed by atoms with van der Waals surface area (Å²) in [5.41, 5.74) is 17.3. The summed E-state index contributed by atoms with van der Waals surface area (Å²) in [6.07, 6.45) is 0. The smallest absolute Gasteiger partial charge is 0.423 e. The highest BCUT2D eigenvalue weighted by atomic mass is 79.9. The van der Waals surface area contributed by atoms with Crippen LogP contribution < -0.4 is 5.46 Å². The van der Waals surface area contributed by atoms with Crippen molar-refractivity contribution in [1.82, 2.24) is 37.9 Å². The number of halogens is 2. The molecule has 0 unspecified atom stereocenters. The Hall–Kier alpha value is -11.3. The molecule has 96 heavy (non-hydrogen) atoms. The van der Waals surface area contributed by atoms with Gasteiger partial charge in [0, 0.05) is 41.3 Å². The minimum atomic E-state index is -1.38. The van der Waals surface area contributed by atoms with Crippen LogP contribution in [0.15, 0.2) is 306 Å². The maximum absolute atomic E-state index is 8.94. The third kappa shape index (κ3) is 9.85. The molecule has 456 valence electrons. The summed E-state index contributed by atoms with van der Waals surface area (Å²) in [6, 6.07) is 103. The molecule has 0 aliphatic rings. The van der Waals surface area contributed by atoms with Gasteiger partial charge >= 0.3 is 7.12 Å². The van der Waals surface area contributed by atoms with Crippen LogP contribution in [0.1, 0.15) is 7.43 Å². The monoisotopic (exact) mass is 1360 g/mol. The molecule has 13 heteroatoms. The van der Waals surface area contributed by atoms with E-state index in [2.05, 4.69) is 280 Å². The zero-order chi connectivity index (χ0) is 63.4. The molecule has 0 saturated heterocycles. The lowest BCUT2D eigenvalue weighted by atomic mass is 9.79. The van der Waals surface area contributed by atoms with E-state index >= 15 is 0 Å². The van der Waals surface area contributed by atoms with Crippen LogP contribution in [-0.4, -0.2) is 55.0 Å². The number of imidazole rings is 2. The van der Waals surface area contributed by atoms with Crippen LogP contribution in [0.3, 0.4) is 0 Å². The zero-order valence-corrected chi connectivity index (χ0v) is 53.8. The quantitative estimate of drug-likeness (QED) is 0.166. The van der Waals surface area contributed by atoms with Gasteiger partial charge in [0.15, 0.2) is 0 Å². The third-order valence-corrected chi connectivity index (χ3v) is 19.3. The van der Waals surface area contributed by atoms with Crippen molar-refractivity contribution < 1.29 is 10.0 Å². The second-order valence-corrected chi connectivity index (χ2v) is 25.8. The highest BCUT2D eigenvalue weighted by Crippen LogP contribution is 2.41. The normalized spacial score (nSPS) is 11.7. The van der Waals surface area contributed by atoms with Crippen LogP contribution in [-0.2, 0) is 0 Å². The Bertz CT molecular complexity index is 6340. The second-order valence-electron chi connectivity index (χ2n) is 23.9. The standard InChI is InChI=1S/C46H28N4.C26H14Br2N4.C10H9BO2.CH4/c1-3-11-31-25-33(19-17-29(31)9-1)35-21-23-42-38(27-35)39-28-36(34-20-18-30-10-2-4-12-32(30)26-34)22-24-43(39)49(42)46-48-40-14-6-5-13-37(40)45-47-41-15-7-8-16-44(41)50(45)46;27-15-9-11-22-18(13-15)19-14-16(28)10-12-23(19)31(22)26-30-20-6-2-1-5-17(20)25-29-21-7-3-4-8-24(21)32(25)26;12-11(13)10-6-5-8-3-1-2-4-9(8)7-10;/h1-28H;1-14H;1-7,12-13H;1H4. The van der Waals surface area contributed by atoms with Gasteiger partial charge in [0.2, 0.25) is 11.9 Å². The minimum absolute atomic E-state index is 0. The molecule has 6 aromatic heterocycles. The number of nitrogens with zero attached hydrogens (tertiary/aromatic N) is 8. The van der Waals surface area contributed by atoms with Gasteiger partial charge in [0.05, 0.1) is 55.2 Å². The van der Waals surface area contributed by atoms with Crippen molar-refractivity contribution in [2.24, 2.45) is 0 Å².